The zero-order valence-corrected chi connectivity index (χ0v) is 11.8. The van der Waals surface area contributed by atoms with Crippen LogP contribution in [0.1, 0.15) is 44.2 Å². The van der Waals surface area contributed by atoms with Crippen molar-refractivity contribution in [2.24, 2.45) is 0 Å². The summed E-state index contributed by atoms with van der Waals surface area (Å²) in [5, 5.41) is 21.6. The van der Waals surface area contributed by atoms with Gasteiger partial charge in [-0.1, -0.05) is 31.2 Å². The molecule has 19 heavy (non-hydrogen) atoms. The fraction of sp³-hybridized carbons (Fsp3) is 0.533. The Morgan fingerprint density at radius 1 is 1.37 bits per heavy atom. The lowest BCUT2D eigenvalue weighted by Gasteiger charge is -2.27. The lowest BCUT2D eigenvalue weighted by molar-refractivity contribution is -0.138. The van der Waals surface area contributed by atoms with E-state index in [-0.39, 0.29) is 12.1 Å². The van der Waals surface area contributed by atoms with Crippen LogP contribution >= 0.6 is 0 Å². The Balaban J connectivity index is 2.65. The number of rotatable bonds is 7. The van der Waals surface area contributed by atoms with Gasteiger partial charge in [-0.15, -0.1) is 0 Å². The first kappa shape index (κ1) is 15.7. The van der Waals surface area contributed by atoms with Crippen molar-refractivity contribution < 1.29 is 15.0 Å². The predicted octanol–water partition coefficient (Wildman–Crippen LogP) is 2.13. The standard InChI is InChI=1S/C15H23NO3/c1-4-15(3,10-17)16-9-12-5-7-13(8-6-12)11(2)14(18)19/h5-8,11,16-17H,4,9-10H2,1-3H3,(H,18,19). The van der Waals surface area contributed by atoms with Gasteiger partial charge in [0.1, 0.15) is 0 Å². The summed E-state index contributed by atoms with van der Waals surface area (Å²) in [5.74, 6) is -1.30. The minimum atomic E-state index is -0.815. The number of carboxylic acids is 1. The fourth-order valence-electron chi connectivity index (χ4n) is 1.67. The zero-order chi connectivity index (χ0) is 14.5. The highest BCUT2D eigenvalue weighted by Gasteiger charge is 2.19. The van der Waals surface area contributed by atoms with Crippen LogP contribution in [0.15, 0.2) is 24.3 Å². The molecule has 2 atom stereocenters. The van der Waals surface area contributed by atoms with Crippen molar-refractivity contribution in [1.82, 2.24) is 5.32 Å². The molecule has 1 rings (SSSR count). The van der Waals surface area contributed by atoms with Crippen LogP contribution in [0.3, 0.4) is 0 Å². The van der Waals surface area contributed by atoms with Crippen molar-refractivity contribution in [1.29, 1.82) is 0 Å². The maximum Gasteiger partial charge on any atom is 0.310 e. The molecule has 0 radical (unpaired) electrons. The van der Waals surface area contributed by atoms with E-state index in [1.54, 1.807) is 6.92 Å². The van der Waals surface area contributed by atoms with Crippen LogP contribution in [-0.4, -0.2) is 28.3 Å². The van der Waals surface area contributed by atoms with E-state index >= 15 is 0 Å². The minimum Gasteiger partial charge on any atom is -0.481 e. The largest absolute Gasteiger partial charge is 0.481 e. The number of hydrogen-bond acceptors (Lipinski definition) is 3. The van der Waals surface area contributed by atoms with Crippen molar-refractivity contribution in [3.05, 3.63) is 35.4 Å². The van der Waals surface area contributed by atoms with E-state index in [4.69, 9.17) is 5.11 Å². The fourth-order valence-corrected chi connectivity index (χ4v) is 1.67. The van der Waals surface area contributed by atoms with Gasteiger partial charge in [-0.25, -0.2) is 0 Å². The van der Waals surface area contributed by atoms with Crippen LogP contribution in [-0.2, 0) is 11.3 Å². The molecule has 0 amide bonds. The third kappa shape index (κ3) is 4.33. The van der Waals surface area contributed by atoms with Gasteiger partial charge in [0.2, 0.25) is 0 Å². The molecule has 3 N–H and O–H groups in total. The Bertz CT molecular complexity index is 410. The molecule has 1 aromatic carbocycles. The SMILES string of the molecule is CCC(C)(CO)NCc1ccc(C(C)C(=O)O)cc1. The zero-order valence-electron chi connectivity index (χ0n) is 11.8. The molecule has 0 aliphatic rings. The second-order valence-corrected chi connectivity index (χ2v) is 5.23. The predicted molar refractivity (Wildman–Crippen MR) is 75.1 cm³/mol. The Morgan fingerprint density at radius 2 is 1.95 bits per heavy atom. The molecule has 4 heteroatoms. The van der Waals surface area contributed by atoms with Gasteiger partial charge in [0, 0.05) is 12.1 Å². The van der Waals surface area contributed by atoms with E-state index in [9.17, 15) is 9.90 Å². The summed E-state index contributed by atoms with van der Waals surface area (Å²) in [4.78, 5) is 10.9. The molecule has 0 aliphatic carbocycles. The maximum absolute atomic E-state index is 10.9. The number of aliphatic carboxylic acids is 1. The first-order valence-electron chi connectivity index (χ1n) is 6.59. The average molecular weight is 265 g/mol. The molecule has 0 saturated carbocycles. The van der Waals surface area contributed by atoms with Gasteiger partial charge in [0.05, 0.1) is 12.5 Å². The van der Waals surface area contributed by atoms with Crippen molar-refractivity contribution >= 4 is 5.97 Å². The Morgan fingerprint density at radius 3 is 2.37 bits per heavy atom. The van der Waals surface area contributed by atoms with E-state index in [2.05, 4.69) is 5.32 Å². The number of aliphatic hydroxyl groups excluding tert-OH is 1. The van der Waals surface area contributed by atoms with Crippen LogP contribution in [0.25, 0.3) is 0 Å². The summed E-state index contributed by atoms with van der Waals surface area (Å²) < 4.78 is 0. The molecule has 2 unspecified atom stereocenters. The highest BCUT2D eigenvalue weighted by molar-refractivity contribution is 5.75. The van der Waals surface area contributed by atoms with E-state index in [0.717, 1.165) is 17.5 Å². The smallest absolute Gasteiger partial charge is 0.310 e. The molecule has 0 saturated heterocycles. The molecular weight excluding hydrogens is 242 g/mol. The summed E-state index contributed by atoms with van der Waals surface area (Å²) in [7, 11) is 0. The number of carbonyl (C=O) groups is 1. The van der Waals surface area contributed by atoms with Crippen molar-refractivity contribution in [3.63, 3.8) is 0 Å². The van der Waals surface area contributed by atoms with E-state index < -0.39 is 11.9 Å². The van der Waals surface area contributed by atoms with Crippen molar-refractivity contribution in [2.45, 2.75) is 45.2 Å². The van der Waals surface area contributed by atoms with Crippen LogP contribution < -0.4 is 5.32 Å². The van der Waals surface area contributed by atoms with Crippen molar-refractivity contribution in [3.8, 4) is 0 Å². The summed E-state index contributed by atoms with van der Waals surface area (Å²) >= 11 is 0. The second kappa shape index (κ2) is 6.68. The molecule has 1 aromatic rings. The van der Waals surface area contributed by atoms with Gasteiger partial charge in [-0.05, 0) is 31.4 Å². The minimum absolute atomic E-state index is 0.0949. The number of nitrogens with one attached hydrogen (secondary N) is 1. The van der Waals surface area contributed by atoms with E-state index in [0.29, 0.717) is 6.54 Å². The maximum atomic E-state index is 10.9. The lowest BCUT2D eigenvalue weighted by Crippen LogP contribution is -2.44. The number of benzene rings is 1. The van der Waals surface area contributed by atoms with Crippen LogP contribution in [0.5, 0.6) is 0 Å². The lowest BCUT2D eigenvalue weighted by atomic mass is 9.98. The highest BCUT2D eigenvalue weighted by Crippen LogP contribution is 2.16. The average Bonchev–Trinajstić information content (AvgIpc) is 2.44. The molecule has 0 aromatic heterocycles. The van der Waals surface area contributed by atoms with Gasteiger partial charge < -0.3 is 15.5 Å². The van der Waals surface area contributed by atoms with Crippen LogP contribution in [0.4, 0.5) is 0 Å². The van der Waals surface area contributed by atoms with Gasteiger partial charge in [-0.3, -0.25) is 4.79 Å². The third-order valence-corrected chi connectivity index (χ3v) is 3.70. The molecule has 106 valence electrons. The molecule has 0 fully saturated rings. The normalized spacial score (nSPS) is 15.8. The highest BCUT2D eigenvalue weighted by atomic mass is 16.4. The topological polar surface area (TPSA) is 69.6 Å². The monoisotopic (exact) mass is 265 g/mol. The summed E-state index contributed by atoms with van der Waals surface area (Å²) in [6.07, 6.45) is 0.845. The van der Waals surface area contributed by atoms with Gasteiger partial charge in [-0.2, -0.15) is 0 Å². The molecule has 0 heterocycles. The molecule has 0 bridgehead atoms. The van der Waals surface area contributed by atoms with E-state index in [1.165, 1.54) is 0 Å². The van der Waals surface area contributed by atoms with Crippen LogP contribution in [0.2, 0.25) is 0 Å². The van der Waals surface area contributed by atoms with E-state index in [1.807, 2.05) is 38.1 Å². The molecule has 0 spiro atoms. The quantitative estimate of drug-likeness (QED) is 0.706. The summed E-state index contributed by atoms with van der Waals surface area (Å²) in [6, 6.07) is 7.54. The van der Waals surface area contributed by atoms with Gasteiger partial charge >= 0.3 is 5.97 Å². The van der Waals surface area contributed by atoms with Crippen LogP contribution in [0, 0.1) is 0 Å². The van der Waals surface area contributed by atoms with Gasteiger partial charge in [0.25, 0.3) is 0 Å². The number of hydrogen-bond donors (Lipinski definition) is 3. The third-order valence-electron chi connectivity index (χ3n) is 3.70. The summed E-state index contributed by atoms with van der Waals surface area (Å²) in [5.41, 5.74) is 1.61. The molecule has 4 nitrogen and oxygen atoms in total. The second-order valence-electron chi connectivity index (χ2n) is 5.23. The van der Waals surface area contributed by atoms with Crippen molar-refractivity contribution in [2.75, 3.05) is 6.61 Å². The molecular formula is C15H23NO3. The summed E-state index contributed by atoms with van der Waals surface area (Å²) in [6.45, 7) is 6.44. The Labute approximate surface area is 114 Å². The van der Waals surface area contributed by atoms with Gasteiger partial charge in [0.15, 0.2) is 0 Å². The number of carboxylic acid groups (broad SMARTS) is 1. The first-order valence-corrected chi connectivity index (χ1v) is 6.59. The molecule has 0 aliphatic heterocycles. The Hall–Kier alpha value is -1.39. The first-order chi connectivity index (χ1) is 8.91. The Kier molecular flexibility index (Phi) is 5.51. The number of aliphatic hydroxyl groups is 1.